The number of amides is 1. The molecular formula is C52H87FN6O13. The molecule has 19 atom stereocenters. The van der Waals surface area contributed by atoms with Crippen LogP contribution in [0, 0.1) is 17.8 Å². The monoisotopic (exact) mass is 1020 g/mol. The topological polar surface area (TPSA) is 243 Å². The molecule has 5 rings (SSSR count). The van der Waals surface area contributed by atoms with Gasteiger partial charge in [0.05, 0.1) is 47.2 Å². The highest BCUT2D eigenvalue weighted by atomic mass is 19.1. The maximum Gasteiger partial charge on any atom is 0.311 e. The summed E-state index contributed by atoms with van der Waals surface area (Å²) in [7, 11) is 6.86. The lowest BCUT2D eigenvalue weighted by atomic mass is 9.77. The summed E-state index contributed by atoms with van der Waals surface area (Å²) in [6, 6.07) is 5.10. The number of rotatable bonds is 16. The fourth-order valence-corrected chi connectivity index (χ4v) is 11.3. The van der Waals surface area contributed by atoms with Gasteiger partial charge in [-0.25, -0.2) is 9.07 Å². The van der Waals surface area contributed by atoms with E-state index in [-0.39, 0.29) is 37.3 Å². The van der Waals surface area contributed by atoms with Gasteiger partial charge in [0.1, 0.15) is 42.7 Å². The number of esters is 1. The van der Waals surface area contributed by atoms with Crippen molar-refractivity contribution in [2.24, 2.45) is 23.5 Å². The van der Waals surface area contributed by atoms with Crippen LogP contribution in [-0.2, 0) is 44.4 Å². The Labute approximate surface area is 426 Å². The first-order chi connectivity index (χ1) is 33.7. The van der Waals surface area contributed by atoms with Crippen molar-refractivity contribution >= 4 is 11.9 Å². The Morgan fingerprint density at radius 2 is 1.65 bits per heavy atom. The third-order valence-electron chi connectivity index (χ3n) is 15.9. The molecule has 0 saturated carbocycles. The van der Waals surface area contributed by atoms with Gasteiger partial charge in [0, 0.05) is 76.3 Å². The van der Waals surface area contributed by atoms with Crippen LogP contribution >= 0.6 is 0 Å². The van der Waals surface area contributed by atoms with E-state index in [4.69, 9.17) is 38.9 Å². The fourth-order valence-electron chi connectivity index (χ4n) is 11.3. The van der Waals surface area contributed by atoms with Gasteiger partial charge in [0.15, 0.2) is 12.6 Å². The molecule has 1 aromatic carbocycles. The summed E-state index contributed by atoms with van der Waals surface area (Å²) in [4.78, 5) is 30.3. The number of likely N-dealkylation sites (N-methyl/N-ethyl adjacent to an activating group) is 2. The second-order valence-corrected chi connectivity index (χ2v) is 21.9. The molecule has 4 heterocycles. The van der Waals surface area contributed by atoms with Gasteiger partial charge in [-0.1, -0.05) is 38.1 Å². The van der Waals surface area contributed by atoms with Crippen LogP contribution in [0.15, 0.2) is 30.5 Å². The van der Waals surface area contributed by atoms with Gasteiger partial charge in [0.2, 0.25) is 5.91 Å². The number of primary amides is 1. The molecule has 2 aromatic rings. The van der Waals surface area contributed by atoms with Crippen molar-refractivity contribution in [3.63, 3.8) is 0 Å². The van der Waals surface area contributed by atoms with E-state index < -0.39 is 115 Å². The number of aromatic nitrogens is 3. The zero-order chi connectivity index (χ0) is 53.6. The number of aliphatic hydroxyl groups excluding tert-OH is 2. The number of aliphatic hydroxyl groups is 4. The SMILES string of the molecule is CC[C@H]1OC(=O)[C@H](C)[C@@H](O[C@H]2C[C@@](C)(OC)[C@@H](O)[C@H](C)O2)[C@H](C)[C@@H](O[C@H]2C[C@@H](N(C)CCc3cn([C@H](CF)[C@H](OC)c4ccc(C(N)=O)cc4)nn3)C[C@@H](C)O2)[C@](C)(O)C[C@@H](C)CN(C)[C@H](C)[C@@H](O)[C@]1(C)O. The number of ether oxygens (including phenoxy) is 7. The molecule has 0 bridgehead atoms. The average Bonchev–Trinajstić information content (AvgIpc) is 3.80. The van der Waals surface area contributed by atoms with Gasteiger partial charge in [-0.05, 0) is 105 Å². The molecule has 3 aliphatic rings. The lowest BCUT2D eigenvalue weighted by Gasteiger charge is -2.48. The fraction of sp³-hybridized carbons (Fsp3) is 0.808. The molecule has 0 aliphatic carbocycles. The van der Waals surface area contributed by atoms with E-state index in [9.17, 15) is 34.4 Å². The first-order valence-corrected chi connectivity index (χ1v) is 25.7. The first kappa shape index (κ1) is 59.6. The number of halogens is 1. The molecule has 19 nitrogen and oxygen atoms in total. The lowest BCUT2D eigenvalue weighted by Crippen LogP contribution is -2.59. The molecule has 0 unspecified atom stereocenters. The van der Waals surface area contributed by atoms with Crippen molar-refractivity contribution in [2.45, 2.75) is 204 Å². The molecule has 3 saturated heterocycles. The Balaban J connectivity index is 1.42. The number of carbonyl (C=O) groups excluding carboxylic acids is 2. The van der Waals surface area contributed by atoms with Crippen molar-refractivity contribution in [1.82, 2.24) is 24.8 Å². The largest absolute Gasteiger partial charge is 0.459 e. The summed E-state index contributed by atoms with van der Waals surface area (Å²) < 4.78 is 60.5. The van der Waals surface area contributed by atoms with E-state index in [2.05, 4.69) is 15.2 Å². The van der Waals surface area contributed by atoms with Crippen molar-refractivity contribution < 1.29 is 67.6 Å². The van der Waals surface area contributed by atoms with E-state index in [1.165, 1.54) is 25.8 Å². The zero-order valence-electron chi connectivity index (χ0n) is 45.1. The summed E-state index contributed by atoms with van der Waals surface area (Å²) in [5, 5.41) is 56.1. The van der Waals surface area contributed by atoms with Crippen molar-refractivity contribution in [1.29, 1.82) is 0 Å². The summed E-state index contributed by atoms with van der Waals surface area (Å²) >= 11 is 0. The highest BCUT2D eigenvalue weighted by molar-refractivity contribution is 5.92. The highest BCUT2D eigenvalue weighted by Crippen LogP contribution is 2.40. The average molecular weight is 1020 g/mol. The Hall–Kier alpha value is -3.25. The Bertz CT molecular complexity index is 2030. The molecule has 0 radical (unpaired) electrons. The van der Waals surface area contributed by atoms with Crippen molar-refractivity contribution in [3.8, 4) is 0 Å². The van der Waals surface area contributed by atoms with E-state index in [1.54, 1.807) is 65.1 Å². The van der Waals surface area contributed by atoms with E-state index in [1.807, 2.05) is 46.7 Å². The maximum absolute atomic E-state index is 14.7. The number of hydrogen-bond donors (Lipinski definition) is 5. The second-order valence-electron chi connectivity index (χ2n) is 21.9. The molecule has 1 amide bonds. The Morgan fingerprint density at radius 3 is 2.25 bits per heavy atom. The zero-order valence-corrected chi connectivity index (χ0v) is 45.1. The van der Waals surface area contributed by atoms with Crippen molar-refractivity contribution in [2.75, 3.05) is 48.1 Å². The van der Waals surface area contributed by atoms with Crippen LogP contribution in [0.4, 0.5) is 4.39 Å². The molecular weight excluding hydrogens is 936 g/mol. The van der Waals surface area contributed by atoms with Crippen LogP contribution in [0.2, 0.25) is 0 Å². The number of nitrogens with zero attached hydrogens (tertiary/aromatic N) is 5. The molecule has 1 aromatic heterocycles. The van der Waals surface area contributed by atoms with Gasteiger partial charge >= 0.3 is 5.97 Å². The van der Waals surface area contributed by atoms with Crippen LogP contribution in [-0.4, -0.2) is 189 Å². The number of nitrogens with two attached hydrogens (primary N) is 1. The Morgan fingerprint density at radius 1 is 0.986 bits per heavy atom. The van der Waals surface area contributed by atoms with Gasteiger partial charge < -0.3 is 69.1 Å². The lowest BCUT2D eigenvalue weighted by molar-refractivity contribution is -0.308. The molecule has 72 heavy (non-hydrogen) atoms. The van der Waals surface area contributed by atoms with Gasteiger partial charge in [-0.15, -0.1) is 5.10 Å². The highest BCUT2D eigenvalue weighted by Gasteiger charge is 2.52. The number of methoxy groups -OCH3 is 2. The van der Waals surface area contributed by atoms with Crippen LogP contribution in [0.1, 0.15) is 135 Å². The quantitative estimate of drug-likeness (QED) is 0.149. The summed E-state index contributed by atoms with van der Waals surface area (Å²) in [5.41, 5.74) is 2.63. The van der Waals surface area contributed by atoms with Crippen LogP contribution < -0.4 is 5.73 Å². The molecule has 3 fully saturated rings. The third kappa shape index (κ3) is 14.0. The van der Waals surface area contributed by atoms with Crippen LogP contribution in [0.25, 0.3) is 0 Å². The van der Waals surface area contributed by atoms with E-state index in [0.717, 1.165) is 0 Å². The molecule has 0 spiro atoms. The van der Waals surface area contributed by atoms with Crippen LogP contribution in [0.5, 0.6) is 0 Å². The maximum atomic E-state index is 14.7. The van der Waals surface area contributed by atoms with Crippen LogP contribution in [0.3, 0.4) is 0 Å². The first-order valence-electron chi connectivity index (χ1n) is 25.7. The number of benzene rings is 1. The molecule has 3 aliphatic heterocycles. The van der Waals surface area contributed by atoms with E-state index >= 15 is 0 Å². The Kier molecular flexibility index (Phi) is 20.8. The van der Waals surface area contributed by atoms with Gasteiger partial charge in [-0.2, -0.15) is 0 Å². The van der Waals surface area contributed by atoms with Crippen molar-refractivity contribution in [3.05, 3.63) is 47.3 Å². The predicted molar refractivity (Wildman–Crippen MR) is 265 cm³/mol. The number of cyclic esters (lactones) is 1. The number of alkyl halides is 1. The molecule has 6 N–H and O–H groups in total. The molecule has 20 heteroatoms. The predicted octanol–water partition coefficient (Wildman–Crippen LogP) is 4.13. The second kappa shape index (κ2) is 25.1. The minimum atomic E-state index is -1.83. The third-order valence-corrected chi connectivity index (χ3v) is 15.9. The summed E-state index contributed by atoms with van der Waals surface area (Å²) in [5.74, 6) is -3.17. The minimum absolute atomic E-state index is 0.0355. The standard InChI is InChI=1S/C52H87FN6O13/c1-15-40-52(10,65)45(60)33(6)58(12)27-29(2)24-50(8,64)47(31(4)43(32(5)49(63)70-40)71-42-25-51(9,67-14)46(61)34(7)69-42)72-41-23-38(22-30(3)68-41)57(11)21-20-37-28-59(56-55-37)39(26-53)44(66-13)35-16-18-36(19-17-35)48(54)62/h16-19,28-34,38-47,60-61,64-65H,15,20-27H2,1-14H3,(H2,54,62)/t29-,30-,31+,32-,33-,34+,38+,39-,40-,41+,42+,43+,44-,45-,46+,47-,50-,51-,52-/m1/s1. The smallest absolute Gasteiger partial charge is 0.311 e. The normalized spacial score (nSPS) is 38.9. The number of hydrogen-bond acceptors (Lipinski definition) is 17. The van der Waals surface area contributed by atoms with Gasteiger partial charge in [-0.3, -0.25) is 9.59 Å². The molecule has 410 valence electrons. The minimum Gasteiger partial charge on any atom is -0.459 e. The van der Waals surface area contributed by atoms with Gasteiger partial charge in [0.25, 0.3) is 0 Å². The number of carbonyl (C=O) groups is 2. The summed E-state index contributed by atoms with van der Waals surface area (Å²) in [6.07, 6.45) is -4.91. The van der Waals surface area contributed by atoms with E-state index in [0.29, 0.717) is 49.2 Å². The summed E-state index contributed by atoms with van der Waals surface area (Å²) in [6.45, 7) is 18.0.